The van der Waals surface area contributed by atoms with Gasteiger partial charge in [-0.1, -0.05) is 30.3 Å². The van der Waals surface area contributed by atoms with Gasteiger partial charge in [0.15, 0.2) is 0 Å². The minimum absolute atomic E-state index is 0.344. The highest BCUT2D eigenvalue weighted by atomic mass is 32.1. The van der Waals surface area contributed by atoms with E-state index < -0.39 is 0 Å². The van der Waals surface area contributed by atoms with Crippen LogP contribution in [0.5, 0.6) is 0 Å². The third-order valence-electron chi connectivity index (χ3n) is 6.37. The Hall–Kier alpha value is -2.65. The second-order valence-electron chi connectivity index (χ2n) is 8.85. The summed E-state index contributed by atoms with van der Waals surface area (Å²) in [6.07, 6.45) is 0. The first-order chi connectivity index (χ1) is 14.3. The van der Waals surface area contributed by atoms with E-state index in [1.54, 1.807) is 11.3 Å². The lowest BCUT2D eigenvalue weighted by Gasteiger charge is -2.32. The van der Waals surface area contributed by atoms with Crippen molar-refractivity contribution in [3.63, 3.8) is 0 Å². The van der Waals surface area contributed by atoms with E-state index in [0.717, 1.165) is 22.0 Å². The van der Waals surface area contributed by atoms with Gasteiger partial charge in [-0.05, 0) is 74.6 Å². The molecule has 0 amide bonds. The summed E-state index contributed by atoms with van der Waals surface area (Å²) in [6, 6.07) is 23.1. The molecule has 5 heteroatoms. The fourth-order valence-corrected chi connectivity index (χ4v) is 4.91. The summed E-state index contributed by atoms with van der Waals surface area (Å²) in [5.41, 5.74) is 3.34. The van der Waals surface area contributed by atoms with Gasteiger partial charge in [-0.3, -0.25) is 0 Å². The van der Waals surface area contributed by atoms with Crippen LogP contribution in [-0.2, 0) is 9.31 Å². The largest absolute Gasteiger partial charge is 0.494 e. The molecule has 1 aliphatic rings. The second kappa shape index (κ2) is 6.68. The standard InChI is InChI=1S/C25H22BNO2S/c1-24(2)25(3,4)29-26(28-24)19-9-6-17(7-10-19)18-8-12-23-21(14-18)20-13-16(15-27)5-11-22(20)30-23/h5-14H,1-4H3. The molecule has 148 valence electrons. The van der Waals surface area contributed by atoms with Gasteiger partial charge in [-0.25, -0.2) is 0 Å². The third kappa shape index (κ3) is 3.04. The van der Waals surface area contributed by atoms with Crippen LogP contribution in [-0.4, -0.2) is 18.3 Å². The topological polar surface area (TPSA) is 42.2 Å². The van der Waals surface area contributed by atoms with E-state index in [4.69, 9.17) is 9.31 Å². The van der Waals surface area contributed by atoms with E-state index in [1.807, 2.05) is 18.2 Å². The first-order valence-electron chi connectivity index (χ1n) is 10.1. The molecule has 0 unspecified atom stereocenters. The Morgan fingerprint density at radius 3 is 1.97 bits per heavy atom. The molecule has 1 aromatic heterocycles. The SMILES string of the molecule is CC1(C)OB(c2ccc(-c3ccc4sc5ccc(C#N)cc5c4c3)cc2)OC1(C)C. The lowest BCUT2D eigenvalue weighted by atomic mass is 9.78. The smallest absolute Gasteiger partial charge is 0.399 e. The summed E-state index contributed by atoms with van der Waals surface area (Å²) in [5, 5.41) is 11.6. The average molecular weight is 411 g/mol. The molecule has 0 aliphatic carbocycles. The molecule has 0 atom stereocenters. The predicted molar refractivity (Wildman–Crippen MR) is 125 cm³/mol. The van der Waals surface area contributed by atoms with Crippen molar-refractivity contribution in [1.29, 1.82) is 5.26 Å². The van der Waals surface area contributed by atoms with Gasteiger partial charge in [-0.2, -0.15) is 5.26 Å². The van der Waals surface area contributed by atoms with Crippen molar-refractivity contribution in [3.05, 3.63) is 66.2 Å². The second-order valence-corrected chi connectivity index (χ2v) is 9.93. The average Bonchev–Trinajstić information content (AvgIpc) is 3.20. The van der Waals surface area contributed by atoms with Gasteiger partial charge in [0, 0.05) is 20.2 Å². The first kappa shape index (κ1) is 19.3. The number of rotatable bonds is 2. The Bertz CT molecular complexity index is 1300. The maximum absolute atomic E-state index is 9.25. The number of nitriles is 1. The zero-order valence-corrected chi connectivity index (χ0v) is 18.3. The lowest BCUT2D eigenvalue weighted by molar-refractivity contribution is 0.00578. The van der Waals surface area contributed by atoms with Crippen LogP contribution >= 0.6 is 11.3 Å². The molecule has 30 heavy (non-hydrogen) atoms. The van der Waals surface area contributed by atoms with E-state index in [1.165, 1.54) is 14.8 Å². The van der Waals surface area contributed by atoms with Crippen LogP contribution < -0.4 is 5.46 Å². The van der Waals surface area contributed by atoms with Crippen LogP contribution in [0.15, 0.2) is 60.7 Å². The quantitative estimate of drug-likeness (QED) is 0.386. The number of thiophene rings is 1. The van der Waals surface area contributed by atoms with Crippen LogP contribution in [0.3, 0.4) is 0 Å². The van der Waals surface area contributed by atoms with E-state index in [0.29, 0.717) is 5.56 Å². The minimum Gasteiger partial charge on any atom is -0.399 e. The number of fused-ring (bicyclic) bond motifs is 3. The van der Waals surface area contributed by atoms with E-state index in [9.17, 15) is 5.26 Å². The van der Waals surface area contributed by atoms with Crippen molar-refractivity contribution in [2.24, 2.45) is 0 Å². The van der Waals surface area contributed by atoms with Crippen molar-refractivity contribution < 1.29 is 9.31 Å². The molecule has 5 rings (SSSR count). The zero-order valence-electron chi connectivity index (χ0n) is 17.5. The van der Waals surface area contributed by atoms with Crippen LogP contribution in [0.1, 0.15) is 33.3 Å². The van der Waals surface area contributed by atoms with Gasteiger partial charge in [0.2, 0.25) is 0 Å². The van der Waals surface area contributed by atoms with Gasteiger partial charge in [0.05, 0.1) is 22.8 Å². The Morgan fingerprint density at radius 1 is 0.767 bits per heavy atom. The van der Waals surface area contributed by atoms with Gasteiger partial charge in [-0.15, -0.1) is 11.3 Å². The fourth-order valence-electron chi connectivity index (χ4n) is 3.84. The third-order valence-corrected chi connectivity index (χ3v) is 7.52. The molecular formula is C25H22BNO2S. The molecule has 1 aliphatic heterocycles. The highest BCUT2D eigenvalue weighted by molar-refractivity contribution is 7.25. The van der Waals surface area contributed by atoms with E-state index in [2.05, 4.69) is 76.2 Å². The van der Waals surface area contributed by atoms with Gasteiger partial charge in [0.25, 0.3) is 0 Å². The van der Waals surface area contributed by atoms with Crippen molar-refractivity contribution in [1.82, 2.24) is 0 Å². The Kier molecular flexibility index (Phi) is 4.30. The summed E-state index contributed by atoms with van der Waals surface area (Å²) < 4.78 is 14.8. The van der Waals surface area contributed by atoms with Crippen LogP contribution in [0.4, 0.5) is 0 Å². The van der Waals surface area contributed by atoms with Crippen molar-refractivity contribution in [3.8, 4) is 17.2 Å². The predicted octanol–water partition coefficient (Wildman–Crippen LogP) is 5.89. The monoisotopic (exact) mass is 411 g/mol. The van der Waals surface area contributed by atoms with Gasteiger partial charge < -0.3 is 9.31 Å². The highest BCUT2D eigenvalue weighted by Crippen LogP contribution is 2.38. The van der Waals surface area contributed by atoms with Crippen molar-refractivity contribution in [2.75, 3.05) is 0 Å². The molecule has 2 heterocycles. The number of nitrogens with zero attached hydrogens (tertiary/aromatic N) is 1. The molecular weight excluding hydrogens is 389 g/mol. The number of hydrogen-bond donors (Lipinski definition) is 0. The Morgan fingerprint density at radius 2 is 1.33 bits per heavy atom. The lowest BCUT2D eigenvalue weighted by Crippen LogP contribution is -2.41. The first-order valence-corrected chi connectivity index (χ1v) is 10.9. The van der Waals surface area contributed by atoms with E-state index in [-0.39, 0.29) is 18.3 Å². The van der Waals surface area contributed by atoms with Crippen molar-refractivity contribution >= 4 is 44.1 Å². The molecule has 0 bridgehead atoms. The maximum Gasteiger partial charge on any atom is 0.494 e. The molecule has 1 fully saturated rings. The summed E-state index contributed by atoms with van der Waals surface area (Å²) in [4.78, 5) is 0. The molecule has 3 aromatic carbocycles. The number of benzene rings is 3. The normalized spacial score (nSPS) is 17.5. The van der Waals surface area contributed by atoms with Crippen LogP contribution in [0.25, 0.3) is 31.3 Å². The Labute approximate surface area is 181 Å². The zero-order chi connectivity index (χ0) is 21.1. The summed E-state index contributed by atoms with van der Waals surface area (Å²) >= 11 is 1.76. The van der Waals surface area contributed by atoms with Gasteiger partial charge in [0.1, 0.15) is 0 Å². The minimum atomic E-state index is -0.350. The molecule has 0 radical (unpaired) electrons. The maximum atomic E-state index is 9.25. The van der Waals surface area contributed by atoms with Crippen molar-refractivity contribution in [2.45, 2.75) is 38.9 Å². The molecule has 4 aromatic rings. The molecule has 0 spiro atoms. The number of hydrogen-bond acceptors (Lipinski definition) is 4. The molecule has 0 N–H and O–H groups in total. The van der Waals surface area contributed by atoms with Crippen LogP contribution in [0.2, 0.25) is 0 Å². The van der Waals surface area contributed by atoms with E-state index >= 15 is 0 Å². The summed E-state index contributed by atoms with van der Waals surface area (Å²) in [6.45, 7) is 8.28. The highest BCUT2D eigenvalue weighted by Gasteiger charge is 2.51. The van der Waals surface area contributed by atoms with Crippen LogP contribution in [0, 0.1) is 11.3 Å². The Balaban J connectivity index is 1.50. The van der Waals surface area contributed by atoms with Gasteiger partial charge >= 0.3 is 7.12 Å². The molecule has 1 saturated heterocycles. The summed E-state index contributed by atoms with van der Waals surface area (Å²) in [5.74, 6) is 0. The molecule has 0 saturated carbocycles. The molecule has 3 nitrogen and oxygen atoms in total. The fraction of sp³-hybridized carbons (Fsp3) is 0.240. The summed E-state index contributed by atoms with van der Waals surface area (Å²) in [7, 11) is -0.350.